The lowest BCUT2D eigenvalue weighted by Crippen LogP contribution is -2.49. The molecule has 6 heteroatoms. The minimum absolute atomic E-state index is 0.284. The first-order chi connectivity index (χ1) is 9.66. The second-order valence-corrected chi connectivity index (χ2v) is 6.13. The average molecular weight is 308 g/mol. The third kappa shape index (κ3) is 4.52. The molecule has 0 heterocycles. The SMILES string of the molecule is CC(=O)C(=[N+]=[N-])C(=O)N(Cc1ccc(Cl)cc1)C(C)(C)C. The second kappa shape index (κ2) is 6.66. The van der Waals surface area contributed by atoms with Gasteiger partial charge in [0, 0.05) is 24.0 Å². The van der Waals surface area contributed by atoms with Crippen LogP contribution in [0.4, 0.5) is 0 Å². The average Bonchev–Trinajstić information content (AvgIpc) is 2.36. The van der Waals surface area contributed by atoms with Crippen LogP contribution in [0.2, 0.25) is 5.02 Å². The van der Waals surface area contributed by atoms with Crippen molar-refractivity contribution in [3.63, 3.8) is 0 Å². The Bertz CT molecular complexity index is 596. The number of benzene rings is 1. The number of rotatable bonds is 4. The quantitative estimate of drug-likeness (QED) is 0.371. The number of nitrogens with zero attached hydrogens (tertiary/aromatic N) is 3. The molecule has 0 bridgehead atoms. The Hall–Kier alpha value is -1.97. The van der Waals surface area contributed by atoms with Crippen LogP contribution in [0.5, 0.6) is 0 Å². The van der Waals surface area contributed by atoms with Gasteiger partial charge in [-0.15, -0.1) is 0 Å². The van der Waals surface area contributed by atoms with Gasteiger partial charge >= 0.3 is 11.6 Å². The first kappa shape index (κ1) is 17.1. The lowest BCUT2D eigenvalue weighted by atomic mass is 10.0. The van der Waals surface area contributed by atoms with Crippen LogP contribution in [-0.4, -0.2) is 32.6 Å². The number of carbonyl (C=O) groups excluding carboxylic acids is 2. The van der Waals surface area contributed by atoms with Crippen LogP contribution in [0.3, 0.4) is 0 Å². The molecule has 0 aliphatic carbocycles. The van der Waals surface area contributed by atoms with Crippen LogP contribution in [0, 0.1) is 0 Å². The number of halogens is 1. The molecule has 0 saturated heterocycles. The first-order valence-electron chi connectivity index (χ1n) is 6.46. The van der Waals surface area contributed by atoms with E-state index in [1.54, 1.807) is 24.3 Å². The zero-order valence-electron chi connectivity index (χ0n) is 12.6. The maximum Gasteiger partial charge on any atom is 0.421 e. The van der Waals surface area contributed by atoms with Gasteiger partial charge in [-0.2, -0.15) is 4.79 Å². The lowest BCUT2D eigenvalue weighted by molar-refractivity contribution is -0.136. The van der Waals surface area contributed by atoms with Gasteiger partial charge < -0.3 is 10.4 Å². The fraction of sp³-hybridized carbons (Fsp3) is 0.400. The van der Waals surface area contributed by atoms with E-state index < -0.39 is 22.9 Å². The highest BCUT2D eigenvalue weighted by Crippen LogP contribution is 2.19. The van der Waals surface area contributed by atoms with E-state index in [0.717, 1.165) is 5.56 Å². The van der Waals surface area contributed by atoms with Crippen LogP contribution in [0.15, 0.2) is 24.3 Å². The summed E-state index contributed by atoms with van der Waals surface area (Å²) < 4.78 is 0. The summed E-state index contributed by atoms with van der Waals surface area (Å²) in [4.78, 5) is 28.1. The molecule has 0 aliphatic rings. The lowest BCUT2D eigenvalue weighted by Gasteiger charge is -2.34. The zero-order chi connectivity index (χ0) is 16.2. The highest BCUT2D eigenvalue weighted by molar-refractivity contribution is 6.63. The number of carbonyl (C=O) groups is 2. The molecule has 0 atom stereocenters. The zero-order valence-corrected chi connectivity index (χ0v) is 13.3. The minimum atomic E-state index is -0.604. The van der Waals surface area contributed by atoms with Crippen molar-refractivity contribution in [3.05, 3.63) is 40.4 Å². The first-order valence-corrected chi connectivity index (χ1v) is 6.84. The largest absolute Gasteiger partial charge is 0.421 e. The van der Waals surface area contributed by atoms with Crippen molar-refractivity contribution >= 4 is 29.0 Å². The molecule has 1 rings (SSSR count). The number of hydrogen-bond donors (Lipinski definition) is 0. The minimum Gasteiger partial charge on any atom is -0.360 e. The van der Waals surface area contributed by atoms with Crippen molar-refractivity contribution in [3.8, 4) is 0 Å². The van der Waals surface area contributed by atoms with Crippen LogP contribution in [0.25, 0.3) is 5.53 Å². The molecular weight excluding hydrogens is 290 g/mol. The van der Waals surface area contributed by atoms with E-state index >= 15 is 0 Å². The van der Waals surface area contributed by atoms with Gasteiger partial charge in [0.25, 0.3) is 0 Å². The molecule has 1 aromatic rings. The maximum absolute atomic E-state index is 12.4. The third-order valence-electron chi connectivity index (χ3n) is 2.94. The molecule has 0 saturated carbocycles. The fourth-order valence-electron chi connectivity index (χ4n) is 1.78. The highest BCUT2D eigenvalue weighted by Gasteiger charge is 2.36. The van der Waals surface area contributed by atoms with Crippen LogP contribution < -0.4 is 0 Å². The van der Waals surface area contributed by atoms with E-state index in [2.05, 4.69) is 4.79 Å². The smallest absolute Gasteiger partial charge is 0.360 e. The van der Waals surface area contributed by atoms with Crippen molar-refractivity contribution in [1.29, 1.82) is 0 Å². The Morgan fingerprint density at radius 1 is 1.24 bits per heavy atom. The van der Waals surface area contributed by atoms with Gasteiger partial charge in [0.05, 0.1) is 0 Å². The number of ketones is 1. The summed E-state index contributed by atoms with van der Waals surface area (Å²) in [5.41, 5.74) is 8.74. The van der Waals surface area contributed by atoms with Crippen LogP contribution in [0.1, 0.15) is 33.3 Å². The van der Waals surface area contributed by atoms with Crippen LogP contribution >= 0.6 is 11.6 Å². The molecule has 112 valence electrons. The molecule has 1 aromatic carbocycles. The Kier molecular flexibility index (Phi) is 5.41. The van der Waals surface area contributed by atoms with Crippen LogP contribution in [-0.2, 0) is 16.1 Å². The summed E-state index contributed by atoms with van der Waals surface area (Å²) in [6, 6.07) is 7.07. The van der Waals surface area contributed by atoms with Gasteiger partial charge in [-0.3, -0.25) is 9.59 Å². The van der Waals surface area contributed by atoms with Crippen molar-refractivity contribution in [2.75, 3.05) is 0 Å². The summed E-state index contributed by atoms with van der Waals surface area (Å²) in [6.07, 6.45) is 0. The molecule has 1 amide bonds. The summed E-state index contributed by atoms with van der Waals surface area (Å²) in [5.74, 6) is -1.18. The molecule has 0 fully saturated rings. The summed E-state index contributed by atoms with van der Waals surface area (Å²) >= 11 is 5.84. The summed E-state index contributed by atoms with van der Waals surface area (Å²) in [7, 11) is 0. The van der Waals surface area contributed by atoms with Crippen molar-refractivity contribution < 1.29 is 14.4 Å². The summed E-state index contributed by atoms with van der Waals surface area (Å²) in [6.45, 7) is 7.00. The van der Waals surface area contributed by atoms with E-state index in [1.165, 1.54) is 11.8 Å². The van der Waals surface area contributed by atoms with E-state index in [9.17, 15) is 9.59 Å². The number of amides is 1. The van der Waals surface area contributed by atoms with Gasteiger partial charge in [0.1, 0.15) is 0 Å². The molecule has 0 radical (unpaired) electrons. The summed E-state index contributed by atoms with van der Waals surface area (Å²) in [5, 5.41) is 0.605. The van der Waals surface area contributed by atoms with E-state index in [4.69, 9.17) is 17.1 Å². The predicted molar refractivity (Wildman–Crippen MR) is 81.1 cm³/mol. The van der Waals surface area contributed by atoms with Crippen molar-refractivity contribution in [2.45, 2.75) is 39.8 Å². The van der Waals surface area contributed by atoms with Gasteiger partial charge in [-0.05, 0) is 38.5 Å². The Balaban J connectivity index is 3.13. The van der Waals surface area contributed by atoms with Gasteiger partial charge in [-0.1, -0.05) is 23.7 Å². The molecule has 0 spiro atoms. The normalized spacial score (nSPS) is 10.7. The molecule has 5 nitrogen and oxygen atoms in total. The van der Waals surface area contributed by atoms with Gasteiger partial charge in [0.15, 0.2) is 0 Å². The van der Waals surface area contributed by atoms with Crippen molar-refractivity contribution in [2.24, 2.45) is 0 Å². The predicted octanol–water partition coefficient (Wildman–Crippen LogP) is 2.73. The van der Waals surface area contributed by atoms with E-state index in [0.29, 0.717) is 5.02 Å². The number of hydrogen-bond acceptors (Lipinski definition) is 2. The molecule has 21 heavy (non-hydrogen) atoms. The van der Waals surface area contributed by atoms with E-state index in [1.807, 2.05) is 20.8 Å². The Morgan fingerprint density at radius 3 is 2.14 bits per heavy atom. The fourth-order valence-corrected chi connectivity index (χ4v) is 1.90. The molecule has 0 unspecified atom stereocenters. The monoisotopic (exact) mass is 307 g/mol. The molecule has 0 aliphatic heterocycles. The third-order valence-corrected chi connectivity index (χ3v) is 3.20. The van der Waals surface area contributed by atoms with Gasteiger partial charge in [0.2, 0.25) is 5.78 Å². The topological polar surface area (TPSA) is 73.8 Å². The highest BCUT2D eigenvalue weighted by atomic mass is 35.5. The second-order valence-electron chi connectivity index (χ2n) is 5.69. The molecule has 0 N–H and O–H groups in total. The van der Waals surface area contributed by atoms with Gasteiger partial charge in [-0.25, -0.2) is 0 Å². The maximum atomic E-state index is 12.4. The van der Waals surface area contributed by atoms with E-state index in [-0.39, 0.29) is 6.54 Å². The number of Topliss-reactive ketones (excluding diaryl/α,β-unsaturated/α-hetero) is 1. The standard InChI is InChI=1S/C15H18ClN3O2/c1-10(20)13(18-17)14(21)19(15(2,3)4)9-11-5-7-12(16)8-6-11/h5-8H,9H2,1-4H3. The molecular formula is C15H18ClN3O2. The van der Waals surface area contributed by atoms with Crippen molar-refractivity contribution in [1.82, 2.24) is 4.90 Å². The molecule has 0 aromatic heterocycles. The Morgan fingerprint density at radius 2 is 1.76 bits per heavy atom. The Labute approximate surface area is 129 Å².